The highest BCUT2D eigenvalue weighted by atomic mass is 16.1. The number of anilines is 1. The SMILES string of the molecule is Cc1cccc(NC(=O)CCN(C)CCc2ccncc2)c1. The number of benzene rings is 1. The summed E-state index contributed by atoms with van der Waals surface area (Å²) in [4.78, 5) is 18.1. The minimum atomic E-state index is 0.0568. The Morgan fingerprint density at radius 2 is 1.95 bits per heavy atom. The lowest BCUT2D eigenvalue weighted by molar-refractivity contribution is -0.116. The van der Waals surface area contributed by atoms with Gasteiger partial charge in [0.05, 0.1) is 0 Å². The maximum Gasteiger partial charge on any atom is 0.225 e. The summed E-state index contributed by atoms with van der Waals surface area (Å²) < 4.78 is 0. The van der Waals surface area contributed by atoms with Crippen molar-refractivity contribution in [2.24, 2.45) is 0 Å². The van der Waals surface area contributed by atoms with Crippen LogP contribution in [-0.4, -0.2) is 35.9 Å². The molecule has 1 amide bonds. The minimum Gasteiger partial charge on any atom is -0.326 e. The van der Waals surface area contributed by atoms with Crippen LogP contribution in [0.15, 0.2) is 48.8 Å². The second kappa shape index (κ2) is 8.29. The van der Waals surface area contributed by atoms with Gasteiger partial charge in [-0.3, -0.25) is 9.78 Å². The van der Waals surface area contributed by atoms with E-state index in [4.69, 9.17) is 0 Å². The van der Waals surface area contributed by atoms with Gasteiger partial charge in [0, 0.05) is 37.6 Å². The van der Waals surface area contributed by atoms with E-state index in [0.29, 0.717) is 6.42 Å². The minimum absolute atomic E-state index is 0.0568. The smallest absolute Gasteiger partial charge is 0.225 e. The number of carbonyl (C=O) groups is 1. The van der Waals surface area contributed by atoms with Gasteiger partial charge >= 0.3 is 0 Å². The van der Waals surface area contributed by atoms with E-state index in [1.54, 1.807) is 0 Å². The van der Waals surface area contributed by atoms with Crippen molar-refractivity contribution in [2.75, 3.05) is 25.5 Å². The molecule has 0 bridgehead atoms. The van der Waals surface area contributed by atoms with Gasteiger partial charge in [0.1, 0.15) is 0 Å². The van der Waals surface area contributed by atoms with Crippen LogP contribution in [0.3, 0.4) is 0 Å². The van der Waals surface area contributed by atoms with E-state index < -0.39 is 0 Å². The first-order chi connectivity index (χ1) is 10.6. The first-order valence-electron chi connectivity index (χ1n) is 7.57. The molecular weight excluding hydrogens is 274 g/mol. The molecular formula is C18H23N3O. The maximum atomic E-state index is 12.0. The highest BCUT2D eigenvalue weighted by Crippen LogP contribution is 2.09. The number of aromatic nitrogens is 1. The highest BCUT2D eigenvalue weighted by molar-refractivity contribution is 5.90. The van der Waals surface area contributed by atoms with Gasteiger partial charge in [-0.15, -0.1) is 0 Å². The molecule has 0 aliphatic rings. The van der Waals surface area contributed by atoms with Crippen LogP contribution in [0.5, 0.6) is 0 Å². The maximum absolute atomic E-state index is 12.0. The third-order valence-electron chi connectivity index (χ3n) is 3.55. The van der Waals surface area contributed by atoms with Crippen LogP contribution in [0.25, 0.3) is 0 Å². The van der Waals surface area contributed by atoms with Gasteiger partial charge < -0.3 is 10.2 Å². The molecule has 2 aromatic rings. The first-order valence-corrected chi connectivity index (χ1v) is 7.57. The van der Waals surface area contributed by atoms with Crippen molar-refractivity contribution in [1.29, 1.82) is 0 Å². The Morgan fingerprint density at radius 1 is 1.18 bits per heavy atom. The molecule has 1 heterocycles. The highest BCUT2D eigenvalue weighted by Gasteiger charge is 2.05. The number of amides is 1. The summed E-state index contributed by atoms with van der Waals surface area (Å²) in [6.45, 7) is 3.70. The zero-order valence-corrected chi connectivity index (χ0v) is 13.2. The number of aryl methyl sites for hydroxylation is 1. The number of hydrogen-bond donors (Lipinski definition) is 1. The standard InChI is InChI=1S/C18H23N3O/c1-15-4-3-5-17(14-15)20-18(22)9-13-21(2)12-8-16-6-10-19-11-7-16/h3-7,10-11,14H,8-9,12-13H2,1-2H3,(H,20,22). The Hall–Kier alpha value is -2.20. The predicted octanol–water partition coefficient (Wildman–Crippen LogP) is 2.89. The average Bonchev–Trinajstić information content (AvgIpc) is 2.52. The molecule has 0 aliphatic carbocycles. The van der Waals surface area contributed by atoms with Crippen molar-refractivity contribution in [1.82, 2.24) is 9.88 Å². The molecule has 22 heavy (non-hydrogen) atoms. The van der Waals surface area contributed by atoms with Gasteiger partial charge in [0.2, 0.25) is 5.91 Å². The number of pyridine rings is 1. The van der Waals surface area contributed by atoms with E-state index in [9.17, 15) is 4.79 Å². The predicted molar refractivity (Wildman–Crippen MR) is 89.9 cm³/mol. The normalized spacial score (nSPS) is 10.7. The largest absolute Gasteiger partial charge is 0.326 e. The molecule has 4 nitrogen and oxygen atoms in total. The lowest BCUT2D eigenvalue weighted by atomic mass is 10.2. The van der Waals surface area contributed by atoms with E-state index in [0.717, 1.165) is 30.8 Å². The molecule has 116 valence electrons. The van der Waals surface area contributed by atoms with E-state index in [1.165, 1.54) is 5.56 Å². The number of rotatable bonds is 7. The van der Waals surface area contributed by atoms with Gasteiger partial charge in [-0.25, -0.2) is 0 Å². The van der Waals surface area contributed by atoms with Gasteiger partial charge in [-0.1, -0.05) is 12.1 Å². The van der Waals surface area contributed by atoms with E-state index in [-0.39, 0.29) is 5.91 Å². The summed E-state index contributed by atoms with van der Waals surface area (Å²) in [5.74, 6) is 0.0568. The molecule has 0 fully saturated rings. The summed E-state index contributed by atoms with van der Waals surface area (Å²) in [6, 6.07) is 11.9. The van der Waals surface area contributed by atoms with Gasteiger partial charge in [-0.2, -0.15) is 0 Å². The fraction of sp³-hybridized carbons (Fsp3) is 0.333. The topological polar surface area (TPSA) is 45.2 Å². The Labute approximate surface area is 132 Å². The van der Waals surface area contributed by atoms with Crippen LogP contribution in [0.1, 0.15) is 17.5 Å². The molecule has 1 aromatic heterocycles. The third kappa shape index (κ3) is 5.66. The Bertz CT molecular complexity index is 598. The molecule has 0 saturated heterocycles. The molecule has 0 atom stereocenters. The van der Waals surface area contributed by atoms with Crippen molar-refractivity contribution in [3.63, 3.8) is 0 Å². The van der Waals surface area contributed by atoms with Crippen LogP contribution in [0.4, 0.5) is 5.69 Å². The second-order valence-electron chi connectivity index (χ2n) is 5.58. The molecule has 0 unspecified atom stereocenters. The van der Waals surface area contributed by atoms with Crippen molar-refractivity contribution in [3.8, 4) is 0 Å². The molecule has 0 saturated carbocycles. The number of carbonyl (C=O) groups excluding carboxylic acids is 1. The zero-order valence-electron chi connectivity index (χ0n) is 13.2. The quantitative estimate of drug-likeness (QED) is 0.854. The average molecular weight is 297 g/mol. The van der Waals surface area contributed by atoms with Crippen LogP contribution in [-0.2, 0) is 11.2 Å². The molecule has 4 heteroatoms. The summed E-state index contributed by atoms with van der Waals surface area (Å²) in [5.41, 5.74) is 3.28. The Morgan fingerprint density at radius 3 is 2.68 bits per heavy atom. The summed E-state index contributed by atoms with van der Waals surface area (Å²) in [5, 5.41) is 2.94. The van der Waals surface area contributed by atoms with Crippen LogP contribution in [0.2, 0.25) is 0 Å². The summed E-state index contributed by atoms with van der Waals surface area (Å²) >= 11 is 0. The van der Waals surface area contributed by atoms with Gasteiger partial charge in [0.25, 0.3) is 0 Å². The Kier molecular flexibility index (Phi) is 6.10. The lowest BCUT2D eigenvalue weighted by Gasteiger charge is -2.16. The molecule has 2 rings (SSSR count). The number of likely N-dealkylation sites (N-methyl/N-ethyl adjacent to an activating group) is 1. The number of nitrogens with zero attached hydrogens (tertiary/aromatic N) is 2. The fourth-order valence-corrected chi connectivity index (χ4v) is 2.22. The van der Waals surface area contributed by atoms with Gasteiger partial charge in [0.15, 0.2) is 0 Å². The van der Waals surface area contributed by atoms with Crippen molar-refractivity contribution >= 4 is 11.6 Å². The molecule has 0 aliphatic heterocycles. The van der Waals surface area contributed by atoms with Crippen LogP contribution in [0, 0.1) is 6.92 Å². The first kappa shape index (κ1) is 16.2. The van der Waals surface area contributed by atoms with E-state index in [1.807, 2.05) is 62.8 Å². The summed E-state index contributed by atoms with van der Waals surface area (Å²) in [7, 11) is 2.04. The van der Waals surface area contributed by atoms with E-state index in [2.05, 4.69) is 15.2 Å². The lowest BCUT2D eigenvalue weighted by Crippen LogP contribution is -2.26. The molecule has 1 N–H and O–H groups in total. The Balaban J connectivity index is 1.69. The van der Waals surface area contributed by atoms with Crippen LogP contribution < -0.4 is 5.32 Å². The van der Waals surface area contributed by atoms with Crippen molar-refractivity contribution < 1.29 is 4.79 Å². The summed E-state index contributed by atoms with van der Waals surface area (Å²) in [6.07, 6.45) is 5.09. The van der Waals surface area contributed by atoms with Gasteiger partial charge in [-0.05, 0) is 55.8 Å². The fourth-order valence-electron chi connectivity index (χ4n) is 2.22. The van der Waals surface area contributed by atoms with Crippen LogP contribution >= 0.6 is 0 Å². The molecule has 0 spiro atoms. The molecule has 1 aromatic carbocycles. The third-order valence-corrected chi connectivity index (χ3v) is 3.55. The number of hydrogen-bond acceptors (Lipinski definition) is 3. The van der Waals surface area contributed by atoms with Crippen molar-refractivity contribution in [2.45, 2.75) is 19.8 Å². The monoisotopic (exact) mass is 297 g/mol. The molecule has 0 radical (unpaired) electrons. The van der Waals surface area contributed by atoms with Crippen molar-refractivity contribution in [3.05, 3.63) is 59.9 Å². The number of nitrogens with one attached hydrogen (secondary N) is 1. The second-order valence-corrected chi connectivity index (χ2v) is 5.58. The zero-order chi connectivity index (χ0) is 15.8. The van der Waals surface area contributed by atoms with E-state index >= 15 is 0 Å².